The highest BCUT2D eigenvalue weighted by Gasteiger charge is 2.20. The molecule has 0 radical (unpaired) electrons. The molecule has 0 amide bonds. The number of rotatable bonds is 6. The smallest absolute Gasteiger partial charge is 0.311 e. The summed E-state index contributed by atoms with van der Waals surface area (Å²) in [7, 11) is 0. The van der Waals surface area contributed by atoms with Gasteiger partial charge in [0.25, 0.3) is 0 Å². The Hall–Kier alpha value is -3.00. The van der Waals surface area contributed by atoms with Crippen molar-refractivity contribution in [3.05, 3.63) is 56.9 Å². The van der Waals surface area contributed by atoms with Gasteiger partial charge in [-0.3, -0.25) is 10.1 Å². The average Bonchev–Trinajstić information content (AvgIpc) is 3.24. The van der Waals surface area contributed by atoms with Crippen LogP contribution in [0.15, 0.2) is 41.8 Å². The molecule has 168 valence electrons. The van der Waals surface area contributed by atoms with Crippen LogP contribution in [0.4, 0.5) is 23.0 Å². The first-order valence-corrected chi connectivity index (χ1v) is 11.9. The van der Waals surface area contributed by atoms with Gasteiger partial charge in [0.2, 0.25) is 5.82 Å². The highest BCUT2D eigenvalue weighted by atomic mass is 32.1. The monoisotopic (exact) mass is 451 g/mol. The zero-order valence-electron chi connectivity index (χ0n) is 18.7. The maximum absolute atomic E-state index is 11.5. The summed E-state index contributed by atoms with van der Waals surface area (Å²) in [5, 5.41) is 21.2. The van der Waals surface area contributed by atoms with Crippen LogP contribution in [0.25, 0.3) is 11.3 Å². The summed E-state index contributed by atoms with van der Waals surface area (Å²) in [6, 6.07) is 10.9. The number of hydrogen-bond donors (Lipinski definition) is 2. The first-order chi connectivity index (χ1) is 15.3. The maximum atomic E-state index is 11.5. The standard InChI is InChI=1S/C24H29N5O2S/c1-24(2,3)28-21-14-13-20(29(30)31)22(27-21)25-18-11-9-16(10-12-18)19-15-32-23(26-19)17-7-5-4-6-8-17/h9-15,17H,4-8H2,1-3H3,(H2,25,27,28). The summed E-state index contributed by atoms with van der Waals surface area (Å²) in [4.78, 5) is 20.4. The molecule has 0 aliphatic heterocycles. The van der Waals surface area contributed by atoms with Crippen molar-refractivity contribution in [3.8, 4) is 11.3 Å². The van der Waals surface area contributed by atoms with Gasteiger partial charge in [-0.1, -0.05) is 31.4 Å². The van der Waals surface area contributed by atoms with Crippen LogP contribution >= 0.6 is 11.3 Å². The second kappa shape index (κ2) is 9.24. The van der Waals surface area contributed by atoms with Crippen molar-refractivity contribution in [3.63, 3.8) is 0 Å². The quantitative estimate of drug-likeness (QED) is 0.306. The average molecular weight is 452 g/mol. The fourth-order valence-electron chi connectivity index (χ4n) is 3.96. The van der Waals surface area contributed by atoms with E-state index in [4.69, 9.17) is 4.98 Å². The molecule has 0 spiro atoms. The zero-order valence-corrected chi connectivity index (χ0v) is 19.5. The molecule has 32 heavy (non-hydrogen) atoms. The lowest BCUT2D eigenvalue weighted by Gasteiger charge is -2.21. The van der Waals surface area contributed by atoms with Crippen molar-refractivity contribution in [2.75, 3.05) is 10.6 Å². The Bertz CT molecular complexity index is 1080. The SMILES string of the molecule is CC(C)(C)Nc1ccc([N+](=O)[O-])c(Nc2ccc(-c3csc(C4CCCCC4)n3)cc2)n1. The third-order valence-corrected chi connectivity index (χ3v) is 6.50. The fraction of sp³-hybridized carbons (Fsp3) is 0.417. The third kappa shape index (κ3) is 5.43. The van der Waals surface area contributed by atoms with E-state index in [0.29, 0.717) is 11.7 Å². The molecule has 3 aromatic rings. The predicted molar refractivity (Wildman–Crippen MR) is 131 cm³/mol. The van der Waals surface area contributed by atoms with E-state index in [2.05, 4.69) is 21.0 Å². The van der Waals surface area contributed by atoms with Crippen molar-refractivity contribution >= 4 is 34.3 Å². The largest absolute Gasteiger partial charge is 0.365 e. The lowest BCUT2D eigenvalue weighted by atomic mass is 9.90. The van der Waals surface area contributed by atoms with E-state index < -0.39 is 4.92 Å². The molecule has 2 N–H and O–H groups in total. The lowest BCUT2D eigenvalue weighted by molar-refractivity contribution is -0.384. The summed E-state index contributed by atoms with van der Waals surface area (Å²) in [6.07, 6.45) is 6.42. The number of benzene rings is 1. The van der Waals surface area contributed by atoms with Crippen LogP contribution in [-0.2, 0) is 0 Å². The normalized spacial score (nSPS) is 14.8. The molecule has 8 heteroatoms. The minimum atomic E-state index is -0.424. The number of nitro groups is 1. The van der Waals surface area contributed by atoms with Crippen LogP contribution in [-0.4, -0.2) is 20.4 Å². The summed E-state index contributed by atoms with van der Waals surface area (Å²) in [6.45, 7) is 6.04. The van der Waals surface area contributed by atoms with Crippen LogP contribution < -0.4 is 10.6 Å². The van der Waals surface area contributed by atoms with Crippen LogP contribution in [0, 0.1) is 10.1 Å². The van der Waals surface area contributed by atoms with Gasteiger partial charge < -0.3 is 10.6 Å². The minimum Gasteiger partial charge on any atom is -0.365 e. The van der Waals surface area contributed by atoms with Crippen LogP contribution in [0.5, 0.6) is 0 Å². The Morgan fingerprint density at radius 3 is 2.41 bits per heavy atom. The molecule has 4 rings (SSSR count). The van der Waals surface area contributed by atoms with E-state index >= 15 is 0 Å². The maximum Gasteiger partial charge on any atom is 0.311 e. The molecule has 1 aliphatic rings. The first-order valence-electron chi connectivity index (χ1n) is 11.0. The van der Waals surface area contributed by atoms with Gasteiger partial charge in [-0.15, -0.1) is 11.3 Å². The highest BCUT2D eigenvalue weighted by Crippen LogP contribution is 2.36. The zero-order chi connectivity index (χ0) is 22.7. The Kier molecular flexibility index (Phi) is 6.41. The molecule has 0 saturated heterocycles. The minimum absolute atomic E-state index is 0.0647. The van der Waals surface area contributed by atoms with Crippen molar-refractivity contribution < 1.29 is 4.92 Å². The second-order valence-corrected chi connectivity index (χ2v) is 10.2. The van der Waals surface area contributed by atoms with E-state index in [0.717, 1.165) is 16.9 Å². The molecule has 1 saturated carbocycles. The number of nitrogens with zero attached hydrogens (tertiary/aromatic N) is 3. The topological polar surface area (TPSA) is 93.0 Å². The summed E-state index contributed by atoms with van der Waals surface area (Å²) < 4.78 is 0. The van der Waals surface area contributed by atoms with Gasteiger partial charge in [0.15, 0.2) is 0 Å². The Balaban J connectivity index is 1.52. The molecule has 7 nitrogen and oxygen atoms in total. The molecule has 0 bridgehead atoms. The number of hydrogen-bond acceptors (Lipinski definition) is 7. The number of pyridine rings is 1. The number of thiazole rings is 1. The van der Waals surface area contributed by atoms with E-state index in [1.165, 1.54) is 43.2 Å². The molecule has 1 aliphatic carbocycles. The molecule has 0 unspecified atom stereocenters. The van der Waals surface area contributed by atoms with Crippen LogP contribution in [0.2, 0.25) is 0 Å². The highest BCUT2D eigenvalue weighted by molar-refractivity contribution is 7.10. The van der Waals surface area contributed by atoms with Crippen molar-refractivity contribution in [2.45, 2.75) is 64.3 Å². The van der Waals surface area contributed by atoms with Crippen molar-refractivity contribution in [1.29, 1.82) is 0 Å². The number of anilines is 3. The first kappa shape index (κ1) is 22.2. The van der Waals surface area contributed by atoms with Gasteiger partial charge in [0, 0.05) is 34.2 Å². The van der Waals surface area contributed by atoms with Gasteiger partial charge >= 0.3 is 5.69 Å². The second-order valence-electron chi connectivity index (χ2n) is 9.30. The summed E-state index contributed by atoms with van der Waals surface area (Å²) in [5.74, 6) is 1.40. The molecule has 2 heterocycles. The number of nitrogens with one attached hydrogen (secondary N) is 2. The number of aromatic nitrogens is 2. The van der Waals surface area contributed by atoms with Gasteiger partial charge in [0.05, 0.1) is 15.6 Å². The van der Waals surface area contributed by atoms with Crippen LogP contribution in [0.1, 0.15) is 63.8 Å². The van der Waals surface area contributed by atoms with Gasteiger partial charge in [0.1, 0.15) is 5.82 Å². The summed E-state index contributed by atoms with van der Waals surface area (Å²) >= 11 is 1.75. The summed E-state index contributed by atoms with van der Waals surface area (Å²) in [5.41, 5.74) is 2.50. The van der Waals surface area contributed by atoms with Gasteiger partial charge in [-0.25, -0.2) is 9.97 Å². The lowest BCUT2D eigenvalue weighted by Crippen LogP contribution is -2.26. The van der Waals surface area contributed by atoms with Gasteiger partial charge in [-0.05, 0) is 51.8 Å². The Morgan fingerprint density at radius 1 is 1.03 bits per heavy atom. The van der Waals surface area contributed by atoms with E-state index in [9.17, 15) is 10.1 Å². The van der Waals surface area contributed by atoms with E-state index in [1.807, 2.05) is 45.0 Å². The molecular weight excluding hydrogens is 422 g/mol. The molecule has 0 atom stereocenters. The Morgan fingerprint density at radius 2 is 1.75 bits per heavy atom. The fourth-order valence-corrected chi connectivity index (χ4v) is 4.96. The van der Waals surface area contributed by atoms with Crippen molar-refractivity contribution in [2.24, 2.45) is 0 Å². The van der Waals surface area contributed by atoms with E-state index in [1.54, 1.807) is 17.4 Å². The van der Waals surface area contributed by atoms with E-state index in [-0.39, 0.29) is 17.0 Å². The Labute approximate surface area is 192 Å². The molecule has 1 fully saturated rings. The van der Waals surface area contributed by atoms with Gasteiger partial charge in [-0.2, -0.15) is 0 Å². The predicted octanol–water partition coefficient (Wildman–Crippen LogP) is 7.12. The molecular formula is C24H29N5O2S. The molecule has 2 aromatic heterocycles. The third-order valence-electron chi connectivity index (χ3n) is 5.49. The van der Waals surface area contributed by atoms with Crippen molar-refractivity contribution in [1.82, 2.24) is 9.97 Å². The molecule has 1 aromatic carbocycles. The van der Waals surface area contributed by atoms with Crippen LogP contribution in [0.3, 0.4) is 0 Å².